The summed E-state index contributed by atoms with van der Waals surface area (Å²) < 4.78 is 5.26. The number of aliphatic hydroxyl groups excluding tert-OH is 2. The monoisotopic (exact) mass is 484 g/mol. The maximum Gasteiger partial charge on any atom is 0.311 e. The van der Waals surface area contributed by atoms with Crippen LogP contribution in [0.25, 0.3) is 0 Å². The van der Waals surface area contributed by atoms with Gasteiger partial charge in [-0.05, 0) is 104 Å². The van der Waals surface area contributed by atoms with Crippen LogP contribution in [0.2, 0.25) is 0 Å². The molecule has 0 aromatic rings. The molecular weight excluding hydrogens is 436 g/mol. The Bertz CT molecular complexity index is 982. The molecule has 35 heavy (non-hydrogen) atoms. The van der Waals surface area contributed by atoms with Gasteiger partial charge in [0.2, 0.25) is 0 Å². The Hall–Kier alpha value is -1.13. The molecule has 0 bridgehead atoms. The summed E-state index contributed by atoms with van der Waals surface area (Å²) in [7, 11) is 1.52. The van der Waals surface area contributed by atoms with Gasteiger partial charge in [0.15, 0.2) is 0 Å². The number of hydrogen-bond donors (Lipinski definition) is 2. The van der Waals surface area contributed by atoms with E-state index in [1.807, 2.05) is 0 Å². The van der Waals surface area contributed by atoms with E-state index in [0.29, 0.717) is 11.8 Å². The standard InChI is InChI=1S/C31H48O4/c1-26-14-15-27(2,25(34)35-7)18-21(26)20-8-9-23-28(3)12-11-24(33)29(4,19-32)22(28)10-13-31(23,6)30(20,5)17-16-26/h8-9,22-24,32-33H,10-19H2,1-7H3. The average Bonchev–Trinajstić information content (AvgIpc) is 2.82. The minimum absolute atomic E-state index is 0.0542. The van der Waals surface area contributed by atoms with Crippen molar-refractivity contribution >= 4 is 5.97 Å². The van der Waals surface area contributed by atoms with Crippen molar-refractivity contribution in [3.8, 4) is 0 Å². The van der Waals surface area contributed by atoms with Gasteiger partial charge in [-0.15, -0.1) is 0 Å². The fourth-order valence-corrected chi connectivity index (χ4v) is 10.1. The van der Waals surface area contributed by atoms with Gasteiger partial charge in [0.25, 0.3) is 0 Å². The maximum absolute atomic E-state index is 12.8. The summed E-state index contributed by atoms with van der Waals surface area (Å²) in [4.78, 5) is 12.8. The van der Waals surface area contributed by atoms with Crippen molar-refractivity contribution in [3.05, 3.63) is 23.3 Å². The van der Waals surface area contributed by atoms with Crippen LogP contribution in [0.3, 0.4) is 0 Å². The zero-order valence-electron chi connectivity index (χ0n) is 23.2. The fourth-order valence-electron chi connectivity index (χ4n) is 10.1. The summed E-state index contributed by atoms with van der Waals surface area (Å²) in [6, 6.07) is 0. The molecule has 196 valence electrons. The summed E-state index contributed by atoms with van der Waals surface area (Å²) in [5.41, 5.74) is 2.55. The lowest BCUT2D eigenvalue weighted by Gasteiger charge is -2.69. The molecule has 2 N–H and O–H groups in total. The smallest absolute Gasteiger partial charge is 0.311 e. The molecule has 4 nitrogen and oxygen atoms in total. The minimum Gasteiger partial charge on any atom is -0.469 e. The molecule has 0 amide bonds. The third-order valence-electron chi connectivity index (χ3n) is 13.0. The third-order valence-corrected chi connectivity index (χ3v) is 13.0. The van der Waals surface area contributed by atoms with Crippen LogP contribution in [-0.4, -0.2) is 36.0 Å². The number of ether oxygens (including phenoxy) is 1. The lowest BCUT2D eigenvalue weighted by molar-refractivity contribution is -0.198. The van der Waals surface area contributed by atoms with Gasteiger partial charge in [-0.1, -0.05) is 52.3 Å². The number of allylic oxidation sites excluding steroid dienone is 4. The molecule has 9 atom stereocenters. The molecule has 3 fully saturated rings. The van der Waals surface area contributed by atoms with Crippen molar-refractivity contribution in [3.63, 3.8) is 0 Å². The molecule has 0 radical (unpaired) electrons. The summed E-state index contributed by atoms with van der Waals surface area (Å²) in [6.07, 6.45) is 13.6. The molecule has 0 spiro atoms. The summed E-state index contributed by atoms with van der Waals surface area (Å²) >= 11 is 0. The second-order valence-corrected chi connectivity index (χ2v) is 14.6. The topological polar surface area (TPSA) is 66.8 Å². The second-order valence-electron chi connectivity index (χ2n) is 14.6. The molecule has 5 rings (SSSR count). The predicted octanol–water partition coefficient (Wildman–Crippen LogP) is 6.21. The molecule has 0 heterocycles. The highest BCUT2D eigenvalue weighted by Gasteiger charge is 2.67. The quantitative estimate of drug-likeness (QED) is 0.457. The van der Waals surface area contributed by atoms with E-state index < -0.39 is 16.9 Å². The normalized spacial score (nSPS) is 53.2. The lowest BCUT2D eigenvalue weighted by Crippen LogP contribution is -2.64. The summed E-state index contributed by atoms with van der Waals surface area (Å²) in [5.74, 6) is 0.665. The van der Waals surface area contributed by atoms with Gasteiger partial charge >= 0.3 is 5.97 Å². The molecule has 5 aliphatic rings. The van der Waals surface area contributed by atoms with E-state index >= 15 is 0 Å². The molecule has 0 saturated heterocycles. The first kappa shape index (κ1) is 25.5. The molecule has 9 unspecified atom stereocenters. The molecule has 3 saturated carbocycles. The van der Waals surface area contributed by atoms with Crippen molar-refractivity contribution in [1.29, 1.82) is 0 Å². The number of esters is 1. The van der Waals surface area contributed by atoms with Gasteiger partial charge in [0, 0.05) is 5.41 Å². The Balaban J connectivity index is 1.63. The van der Waals surface area contributed by atoms with Crippen molar-refractivity contribution in [1.82, 2.24) is 0 Å². The summed E-state index contributed by atoms with van der Waals surface area (Å²) in [6.45, 7) is 14.2. The van der Waals surface area contributed by atoms with Crippen LogP contribution in [0, 0.1) is 44.3 Å². The highest BCUT2D eigenvalue weighted by Crippen LogP contribution is 2.74. The number of aliphatic hydroxyl groups is 2. The van der Waals surface area contributed by atoms with Crippen LogP contribution in [0.1, 0.15) is 99.3 Å². The largest absolute Gasteiger partial charge is 0.469 e. The number of fused-ring (bicyclic) bond motifs is 6. The first-order valence-electron chi connectivity index (χ1n) is 14.0. The first-order chi connectivity index (χ1) is 16.2. The van der Waals surface area contributed by atoms with Gasteiger partial charge in [0.05, 0.1) is 25.2 Å². The molecule has 0 aromatic heterocycles. The molecule has 0 aliphatic heterocycles. The van der Waals surface area contributed by atoms with E-state index in [2.05, 4.69) is 53.7 Å². The lowest BCUT2D eigenvalue weighted by atomic mass is 9.35. The van der Waals surface area contributed by atoms with E-state index in [1.165, 1.54) is 31.1 Å². The Kier molecular flexibility index (Phi) is 5.61. The number of carbonyl (C=O) groups is 1. The highest BCUT2D eigenvalue weighted by atomic mass is 16.5. The zero-order valence-corrected chi connectivity index (χ0v) is 23.2. The Morgan fingerprint density at radius 2 is 1.69 bits per heavy atom. The van der Waals surface area contributed by atoms with Crippen molar-refractivity contribution in [2.75, 3.05) is 13.7 Å². The molecule has 5 aliphatic carbocycles. The highest BCUT2D eigenvalue weighted by molar-refractivity contribution is 5.77. The van der Waals surface area contributed by atoms with Crippen LogP contribution in [0.15, 0.2) is 23.3 Å². The minimum atomic E-state index is -0.438. The van der Waals surface area contributed by atoms with E-state index in [0.717, 1.165) is 44.9 Å². The van der Waals surface area contributed by atoms with Gasteiger partial charge in [-0.3, -0.25) is 4.79 Å². The van der Waals surface area contributed by atoms with Crippen LogP contribution >= 0.6 is 0 Å². The molecular formula is C31H48O4. The van der Waals surface area contributed by atoms with Gasteiger partial charge in [0.1, 0.15) is 0 Å². The van der Waals surface area contributed by atoms with Gasteiger partial charge < -0.3 is 14.9 Å². The summed E-state index contributed by atoms with van der Waals surface area (Å²) in [5, 5.41) is 21.3. The number of hydrogen-bond acceptors (Lipinski definition) is 4. The molecule has 0 aromatic carbocycles. The van der Waals surface area contributed by atoms with E-state index in [-0.39, 0.29) is 34.2 Å². The number of carbonyl (C=O) groups excluding carboxylic acids is 1. The van der Waals surface area contributed by atoms with Crippen LogP contribution in [-0.2, 0) is 9.53 Å². The van der Waals surface area contributed by atoms with Crippen molar-refractivity contribution < 1.29 is 19.7 Å². The van der Waals surface area contributed by atoms with Crippen LogP contribution in [0.5, 0.6) is 0 Å². The maximum atomic E-state index is 12.8. The van der Waals surface area contributed by atoms with Crippen molar-refractivity contribution in [2.45, 2.75) is 105 Å². The number of methoxy groups -OCH3 is 1. The molecule has 4 heteroatoms. The van der Waals surface area contributed by atoms with Gasteiger partial charge in [-0.2, -0.15) is 0 Å². The Morgan fingerprint density at radius 1 is 1.00 bits per heavy atom. The van der Waals surface area contributed by atoms with Gasteiger partial charge in [-0.25, -0.2) is 0 Å². The van der Waals surface area contributed by atoms with Crippen molar-refractivity contribution in [2.24, 2.45) is 44.3 Å². The van der Waals surface area contributed by atoms with Crippen LogP contribution in [0.4, 0.5) is 0 Å². The Labute approximate surface area is 212 Å². The average molecular weight is 485 g/mol. The SMILES string of the molecule is COC(=O)C1(C)CCC2(C)CCC3(C)C(=C2C1)C=CC1C2(C)CCC(O)C(C)(CO)C2CCC13C. The number of rotatable bonds is 2. The zero-order chi connectivity index (χ0) is 25.7. The van der Waals surface area contributed by atoms with Crippen LogP contribution < -0.4 is 0 Å². The third kappa shape index (κ3) is 3.08. The van der Waals surface area contributed by atoms with E-state index in [1.54, 1.807) is 0 Å². The van der Waals surface area contributed by atoms with E-state index in [4.69, 9.17) is 4.74 Å². The first-order valence-corrected chi connectivity index (χ1v) is 14.0. The Morgan fingerprint density at radius 3 is 2.34 bits per heavy atom. The van der Waals surface area contributed by atoms with E-state index in [9.17, 15) is 15.0 Å². The predicted molar refractivity (Wildman–Crippen MR) is 138 cm³/mol. The second kappa shape index (κ2) is 7.69. The fraction of sp³-hybridized carbons (Fsp3) is 0.839.